The maximum absolute atomic E-state index is 12.7. The minimum Gasteiger partial charge on any atom is -0.448 e. The lowest BCUT2D eigenvalue weighted by Gasteiger charge is -2.23. The quantitative estimate of drug-likeness (QED) is 0.583. The lowest BCUT2D eigenvalue weighted by Crippen LogP contribution is -2.40. The van der Waals surface area contributed by atoms with E-state index in [4.69, 9.17) is 4.74 Å². The Bertz CT molecular complexity index is 737. The van der Waals surface area contributed by atoms with E-state index in [0.29, 0.717) is 19.5 Å². The van der Waals surface area contributed by atoms with Crippen molar-refractivity contribution in [3.63, 3.8) is 0 Å². The first kappa shape index (κ1) is 21.9. The Kier molecular flexibility index (Phi) is 8.75. The average molecular weight is 431 g/mol. The first-order valence-electron chi connectivity index (χ1n) is 8.81. The van der Waals surface area contributed by atoms with E-state index >= 15 is 0 Å². The third-order valence-electron chi connectivity index (χ3n) is 3.81. The van der Waals surface area contributed by atoms with Crippen LogP contribution in [0, 0.1) is 0 Å². The molecule has 1 atom stereocenters. The maximum atomic E-state index is 12.7. The van der Waals surface area contributed by atoms with Crippen LogP contribution in [0.15, 0.2) is 35.0 Å². The number of rotatable bonds is 11. The normalized spacial score (nSPS) is 12.7. The summed E-state index contributed by atoms with van der Waals surface area (Å²) in [7, 11) is -3.36. The van der Waals surface area contributed by atoms with Crippen molar-refractivity contribution < 1.29 is 17.9 Å². The van der Waals surface area contributed by atoms with Crippen molar-refractivity contribution in [2.75, 3.05) is 12.9 Å². The van der Waals surface area contributed by atoms with Crippen LogP contribution in [0.25, 0.3) is 0 Å². The Labute approximate surface area is 169 Å². The molecule has 1 amide bonds. The smallest absolute Gasteiger partial charge is 0.410 e. The minimum absolute atomic E-state index is 0.0251. The summed E-state index contributed by atoms with van der Waals surface area (Å²) in [6, 6.07) is 7.45. The number of hydrogen-bond donors (Lipinski definition) is 1. The summed E-state index contributed by atoms with van der Waals surface area (Å²) in [6.07, 6.45) is 3.12. The predicted molar refractivity (Wildman–Crippen MR) is 111 cm³/mol. The summed E-state index contributed by atoms with van der Waals surface area (Å²) in [5.41, 5.74) is 0. The van der Waals surface area contributed by atoms with Crippen LogP contribution in [0.2, 0.25) is 0 Å². The number of carbonyl (C=O) groups excluding carboxylic acids is 1. The number of unbranched alkanes of at least 4 members (excludes halogenated alkanes) is 1. The van der Waals surface area contributed by atoms with Gasteiger partial charge in [-0.25, -0.2) is 17.9 Å². The van der Waals surface area contributed by atoms with Gasteiger partial charge in [-0.1, -0.05) is 31.9 Å². The van der Waals surface area contributed by atoms with Gasteiger partial charge < -0.3 is 4.74 Å². The number of nitrogens with one attached hydrogen (secondary N) is 1. The van der Waals surface area contributed by atoms with Crippen LogP contribution in [0.5, 0.6) is 0 Å². The van der Waals surface area contributed by atoms with Gasteiger partial charge in [-0.2, -0.15) is 0 Å². The molecule has 0 saturated carbocycles. The van der Waals surface area contributed by atoms with Crippen molar-refractivity contribution in [2.24, 2.45) is 0 Å². The molecule has 9 heteroatoms. The van der Waals surface area contributed by atoms with Gasteiger partial charge in [0.1, 0.15) is 6.61 Å². The highest BCUT2D eigenvalue weighted by atomic mass is 32.2. The molecule has 2 rings (SSSR count). The van der Waals surface area contributed by atoms with E-state index in [9.17, 15) is 13.2 Å². The molecule has 6 nitrogen and oxygen atoms in total. The topological polar surface area (TPSA) is 75.7 Å². The number of ether oxygens (including phenoxy) is 1. The van der Waals surface area contributed by atoms with Crippen molar-refractivity contribution in [2.45, 2.75) is 45.3 Å². The number of nitrogens with zero attached hydrogens (tertiary/aromatic N) is 1. The van der Waals surface area contributed by atoms with Gasteiger partial charge in [-0.05, 0) is 29.3 Å². The Morgan fingerprint density at radius 3 is 2.22 bits per heavy atom. The molecule has 1 N–H and O–H groups in total. The second-order valence-electron chi connectivity index (χ2n) is 6.32. The Balaban J connectivity index is 1.99. The van der Waals surface area contributed by atoms with E-state index in [2.05, 4.69) is 4.72 Å². The first-order chi connectivity index (χ1) is 12.9. The standard InChI is InChI=1S/C18H26N2O4S3/c1-3-4-7-15(19-27(2,22)23)14-24-18(21)20(12-16-8-5-10-25-16)13-17-9-6-11-26-17/h5-6,8-11,15,19H,3-4,7,12-14H2,1-2H3/t15-/m0/s1. The first-order valence-corrected chi connectivity index (χ1v) is 12.5. The lowest BCUT2D eigenvalue weighted by molar-refractivity contribution is 0.0898. The maximum Gasteiger partial charge on any atom is 0.410 e. The summed E-state index contributed by atoms with van der Waals surface area (Å²) in [4.78, 5) is 16.5. The summed E-state index contributed by atoms with van der Waals surface area (Å²) in [5, 5.41) is 3.95. The molecule has 0 aromatic carbocycles. The molecule has 0 bridgehead atoms. The zero-order valence-corrected chi connectivity index (χ0v) is 18.0. The van der Waals surface area contributed by atoms with Crippen molar-refractivity contribution in [1.29, 1.82) is 0 Å². The summed E-state index contributed by atoms with van der Waals surface area (Å²) in [5.74, 6) is 0. The van der Waals surface area contributed by atoms with E-state index in [1.807, 2.05) is 41.9 Å². The molecule has 0 fully saturated rings. The molecule has 0 radical (unpaired) electrons. The Morgan fingerprint density at radius 1 is 1.19 bits per heavy atom. The van der Waals surface area contributed by atoms with Gasteiger partial charge in [0.2, 0.25) is 10.0 Å². The van der Waals surface area contributed by atoms with E-state index in [0.717, 1.165) is 28.9 Å². The largest absolute Gasteiger partial charge is 0.448 e. The molecule has 0 aliphatic rings. The number of carbonyl (C=O) groups is 1. The van der Waals surface area contributed by atoms with Crippen molar-refractivity contribution in [1.82, 2.24) is 9.62 Å². The highest BCUT2D eigenvalue weighted by Crippen LogP contribution is 2.18. The molecule has 2 heterocycles. The number of amides is 1. The van der Waals surface area contributed by atoms with Crippen molar-refractivity contribution in [3.8, 4) is 0 Å². The fourth-order valence-corrected chi connectivity index (χ4v) is 4.79. The fourth-order valence-electron chi connectivity index (χ4n) is 2.56. The van der Waals surface area contributed by atoms with Crippen LogP contribution in [0.3, 0.4) is 0 Å². The van der Waals surface area contributed by atoms with Crippen LogP contribution in [0.1, 0.15) is 35.9 Å². The van der Waals surface area contributed by atoms with E-state index in [-0.39, 0.29) is 6.61 Å². The monoisotopic (exact) mass is 430 g/mol. The lowest BCUT2D eigenvalue weighted by atomic mass is 10.1. The van der Waals surface area contributed by atoms with Gasteiger partial charge in [-0.15, -0.1) is 22.7 Å². The predicted octanol–water partition coefficient (Wildman–Crippen LogP) is 4.06. The van der Waals surface area contributed by atoms with E-state index in [1.54, 1.807) is 27.6 Å². The second-order valence-corrected chi connectivity index (χ2v) is 10.2. The number of hydrogen-bond acceptors (Lipinski definition) is 6. The zero-order valence-electron chi connectivity index (χ0n) is 15.6. The minimum atomic E-state index is -3.36. The molecular weight excluding hydrogens is 404 g/mol. The molecular formula is C18H26N2O4S3. The van der Waals surface area contributed by atoms with E-state index in [1.165, 1.54) is 0 Å². The highest BCUT2D eigenvalue weighted by Gasteiger charge is 2.20. The Hall–Kier alpha value is -1.42. The summed E-state index contributed by atoms with van der Waals surface area (Å²) in [6.45, 7) is 2.99. The molecule has 2 aromatic heterocycles. The average Bonchev–Trinajstić information content (AvgIpc) is 3.29. The molecule has 2 aromatic rings. The molecule has 0 unspecified atom stereocenters. The van der Waals surface area contributed by atoms with Crippen LogP contribution in [0.4, 0.5) is 4.79 Å². The van der Waals surface area contributed by atoms with Crippen molar-refractivity contribution >= 4 is 38.8 Å². The molecule has 0 aliphatic carbocycles. The van der Waals surface area contributed by atoms with E-state index < -0.39 is 22.2 Å². The van der Waals surface area contributed by atoms with Gasteiger partial charge in [0, 0.05) is 9.75 Å². The van der Waals surface area contributed by atoms with Crippen molar-refractivity contribution in [3.05, 3.63) is 44.8 Å². The van der Waals surface area contributed by atoms with Gasteiger partial charge in [0.15, 0.2) is 0 Å². The fraction of sp³-hybridized carbons (Fsp3) is 0.500. The van der Waals surface area contributed by atoms with Gasteiger partial charge in [0.25, 0.3) is 0 Å². The SMILES string of the molecule is CCCC[C@@H](COC(=O)N(Cc1cccs1)Cc1cccs1)NS(C)(=O)=O. The molecule has 150 valence electrons. The van der Waals surface area contributed by atoms with Gasteiger partial charge in [-0.3, -0.25) is 4.90 Å². The molecule has 0 saturated heterocycles. The molecule has 0 spiro atoms. The summed E-state index contributed by atoms with van der Waals surface area (Å²) >= 11 is 3.17. The van der Waals surface area contributed by atoms with Gasteiger partial charge >= 0.3 is 6.09 Å². The highest BCUT2D eigenvalue weighted by molar-refractivity contribution is 7.88. The third-order valence-corrected chi connectivity index (χ3v) is 6.29. The molecule has 27 heavy (non-hydrogen) atoms. The van der Waals surface area contributed by atoms with Gasteiger partial charge in [0.05, 0.1) is 25.4 Å². The Morgan fingerprint density at radius 2 is 1.78 bits per heavy atom. The summed E-state index contributed by atoms with van der Waals surface area (Å²) < 4.78 is 31.1. The number of thiophene rings is 2. The van der Waals surface area contributed by atoms with Crippen LogP contribution < -0.4 is 4.72 Å². The third kappa shape index (κ3) is 8.42. The zero-order chi connectivity index (χ0) is 19.7. The van der Waals surface area contributed by atoms with Crippen LogP contribution in [-0.4, -0.2) is 38.3 Å². The van der Waals surface area contributed by atoms with Crippen LogP contribution in [-0.2, 0) is 27.8 Å². The number of sulfonamides is 1. The van der Waals surface area contributed by atoms with Crippen LogP contribution >= 0.6 is 22.7 Å². The second kappa shape index (κ2) is 10.8. The molecule has 0 aliphatic heterocycles.